The lowest BCUT2D eigenvalue weighted by molar-refractivity contribution is 0.463. The van der Waals surface area contributed by atoms with Gasteiger partial charge in [0.2, 0.25) is 10.0 Å². The van der Waals surface area contributed by atoms with Gasteiger partial charge in [-0.1, -0.05) is 12.8 Å². The molecule has 4 nitrogen and oxygen atoms in total. The van der Waals surface area contributed by atoms with Gasteiger partial charge in [-0.25, -0.2) is 12.8 Å². The van der Waals surface area contributed by atoms with Crippen molar-refractivity contribution >= 4 is 31.6 Å². The summed E-state index contributed by atoms with van der Waals surface area (Å²) in [5, 5.41) is 0. The zero-order valence-corrected chi connectivity index (χ0v) is 12.1. The molecule has 0 aliphatic heterocycles. The molecule has 0 aliphatic rings. The van der Waals surface area contributed by atoms with Crippen molar-refractivity contribution in [1.82, 2.24) is 4.31 Å². The normalized spacial score (nSPS) is 11.5. The van der Waals surface area contributed by atoms with Gasteiger partial charge < -0.3 is 5.73 Å². The quantitative estimate of drug-likeness (QED) is 0.674. The van der Waals surface area contributed by atoms with Crippen molar-refractivity contribution in [1.29, 1.82) is 0 Å². The van der Waals surface area contributed by atoms with Gasteiger partial charge >= 0.3 is 0 Å². The summed E-state index contributed by atoms with van der Waals surface area (Å²) in [5.41, 5.74) is 5.15. The minimum Gasteiger partial charge on any atom is -0.396 e. The topological polar surface area (TPSA) is 63.4 Å². The minimum absolute atomic E-state index is 0.0530. The van der Waals surface area contributed by atoms with Crippen LogP contribution in [0.4, 0.5) is 10.1 Å². The van der Waals surface area contributed by atoms with E-state index in [2.05, 4.69) is 21.9 Å². The number of benzene rings is 1. The van der Waals surface area contributed by atoms with E-state index < -0.39 is 15.8 Å². The Morgan fingerprint density at radius 3 is 2.67 bits per heavy atom. The van der Waals surface area contributed by atoms with Crippen LogP contribution in [-0.2, 0) is 10.0 Å². The molecule has 0 saturated carbocycles. The molecule has 0 aliphatic carbocycles. The Hall–Kier alpha value is -1.10. The maximum atomic E-state index is 13.2. The van der Waals surface area contributed by atoms with Crippen LogP contribution < -0.4 is 5.73 Å². The first-order valence-corrected chi connectivity index (χ1v) is 7.26. The van der Waals surface area contributed by atoms with E-state index in [9.17, 15) is 12.8 Å². The van der Waals surface area contributed by atoms with Gasteiger partial charge in [0.1, 0.15) is 5.82 Å². The predicted molar refractivity (Wildman–Crippen MR) is 71.8 cm³/mol. The number of halogens is 2. The fourth-order valence-electron chi connectivity index (χ4n) is 1.35. The van der Waals surface area contributed by atoms with Gasteiger partial charge in [-0.15, -0.1) is 6.42 Å². The maximum Gasteiger partial charge on any atom is 0.245 e. The largest absolute Gasteiger partial charge is 0.396 e. The van der Waals surface area contributed by atoms with E-state index in [0.29, 0.717) is 0 Å². The Balaban J connectivity index is 3.37. The molecule has 2 N–H and O–H groups in total. The van der Waals surface area contributed by atoms with Crippen LogP contribution in [0, 0.1) is 18.2 Å². The molecule has 98 valence electrons. The Kier molecular flexibility index (Phi) is 4.73. The molecule has 0 saturated heterocycles. The number of nitrogens with two attached hydrogens (primary N) is 1. The summed E-state index contributed by atoms with van der Waals surface area (Å²) < 4.78 is 38.9. The molecule has 0 amide bonds. The van der Waals surface area contributed by atoms with Crippen LogP contribution >= 0.6 is 15.9 Å². The van der Waals surface area contributed by atoms with Crippen LogP contribution in [-0.4, -0.2) is 25.8 Å². The van der Waals surface area contributed by atoms with E-state index in [1.54, 1.807) is 6.92 Å². The Morgan fingerprint density at radius 1 is 1.56 bits per heavy atom. The number of hydrogen-bond acceptors (Lipinski definition) is 3. The van der Waals surface area contributed by atoms with E-state index in [0.717, 1.165) is 16.4 Å². The van der Waals surface area contributed by atoms with Crippen molar-refractivity contribution in [3.63, 3.8) is 0 Å². The highest BCUT2D eigenvalue weighted by atomic mass is 79.9. The van der Waals surface area contributed by atoms with E-state index in [1.807, 2.05) is 0 Å². The standard InChI is InChI=1S/C11H12BrFN2O2S/c1-3-5-15(4-2)18(16,17)11-7-10(14)9(13)6-8(11)12/h1,6-7H,4-5,14H2,2H3. The fraction of sp³-hybridized carbons (Fsp3) is 0.273. The van der Waals surface area contributed by atoms with Gasteiger partial charge in [0.25, 0.3) is 0 Å². The maximum absolute atomic E-state index is 13.2. The third-order valence-electron chi connectivity index (χ3n) is 2.29. The van der Waals surface area contributed by atoms with Crippen LogP contribution in [0.25, 0.3) is 0 Å². The molecule has 18 heavy (non-hydrogen) atoms. The SMILES string of the molecule is C#CCN(CC)S(=O)(=O)c1cc(N)c(F)cc1Br. The van der Waals surface area contributed by atoms with Crippen LogP contribution in [0.15, 0.2) is 21.5 Å². The number of nitrogen functional groups attached to an aromatic ring is 1. The number of anilines is 1. The number of terminal acetylenes is 1. The summed E-state index contributed by atoms with van der Waals surface area (Å²) >= 11 is 3.01. The Labute approximate surface area is 114 Å². The predicted octanol–water partition coefficient (Wildman–Crippen LogP) is 1.81. The Bertz CT molecular complexity index is 596. The lowest BCUT2D eigenvalue weighted by Crippen LogP contribution is -2.31. The average Bonchev–Trinajstić information content (AvgIpc) is 2.30. The second kappa shape index (κ2) is 5.69. The van der Waals surface area contributed by atoms with Crippen molar-refractivity contribution in [3.8, 4) is 12.3 Å². The lowest BCUT2D eigenvalue weighted by Gasteiger charge is -2.19. The molecular weight excluding hydrogens is 323 g/mol. The van der Waals surface area contributed by atoms with Gasteiger partial charge in [0, 0.05) is 11.0 Å². The highest BCUT2D eigenvalue weighted by molar-refractivity contribution is 9.10. The summed E-state index contributed by atoms with van der Waals surface area (Å²) in [5.74, 6) is 1.59. The fourth-order valence-corrected chi connectivity index (χ4v) is 3.72. The summed E-state index contributed by atoms with van der Waals surface area (Å²) in [6.07, 6.45) is 5.12. The number of rotatable bonds is 4. The smallest absolute Gasteiger partial charge is 0.245 e. The lowest BCUT2D eigenvalue weighted by atomic mass is 10.3. The molecule has 0 radical (unpaired) electrons. The molecule has 0 spiro atoms. The first-order valence-electron chi connectivity index (χ1n) is 5.02. The van der Waals surface area contributed by atoms with Crippen LogP contribution in [0.3, 0.4) is 0 Å². The van der Waals surface area contributed by atoms with Crippen LogP contribution in [0.2, 0.25) is 0 Å². The van der Waals surface area contributed by atoms with Crippen LogP contribution in [0.1, 0.15) is 6.92 Å². The third kappa shape index (κ3) is 2.83. The van der Waals surface area contributed by atoms with Crippen molar-refractivity contribution < 1.29 is 12.8 Å². The second-order valence-corrected chi connectivity index (χ2v) is 6.20. The molecule has 1 aromatic carbocycles. The first-order chi connectivity index (χ1) is 8.34. The molecule has 1 rings (SSSR count). The van der Waals surface area contributed by atoms with E-state index in [-0.39, 0.29) is 28.1 Å². The Morgan fingerprint density at radius 2 is 2.17 bits per heavy atom. The third-order valence-corrected chi connectivity index (χ3v) is 5.17. The van der Waals surface area contributed by atoms with Crippen molar-refractivity contribution in [2.24, 2.45) is 0 Å². The first kappa shape index (κ1) is 15.0. The monoisotopic (exact) mass is 334 g/mol. The molecule has 0 bridgehead atoms. The van der Waals surface area contributed by atoms with E-state index in [4.69, 9.17) is 12.2 Å². The summed E-state index contributed by atoms with van der Waals surface area (Å²) in [6, 6.07) is 2.10. The van der Waals surface area contributed by atoms with Crippen molar-refractivity contribution in [3.05, 3.63) is 22.4 Å². The summed E-state index contributed by atoms with van der Waals surface area (Å²) in [4.78, 5) is -0.0986. The average molecular weight is 335 g/mol. The molecule has 7 heteroatoms. The second-order valence-electron chi connectivity index (χ2n) is 3.44. The molecule has 0 aromatic heterocycles. The summed E-state index contributed by atoms with van der Waals surface area (Å²) in [6.45, 7) is 1.83. The van der Waals surface area contributed by atoms with E-state index >= 15 is 0 Å². The van der Waals surface area contributed by atoms with Gasteiger partial charge in [-0.2, -0.15) is 4.31 Å². The van der Waals surface area contributed by atoms with Gasteiger partial charge in [0.15, 0.2) is 0 Å². The minimum atomic E-state index is -3.79. The zero-order chi connectivity index (χ0) is 13.9. The van der Waals surface area contributed by atoms with E-state index in [1.165, 1.54) is 0 Å². The summed E-state index contributed by atoms with van der Waals surface area (Å²) in [7, 11) is -3.79. The van der Waals surface area contributed by atoms with Crippen LogP contribution in [0.5, 0.6) is 0 Å². The van der Waals surface area contributed by atoms with Crippen molar-refractivity contribution in [2.45, 2.75) is 11.8 Å². The molecule has 0 heterocycles. The highest BCUT2D eigenvalue weighted by Gasteiger charge is 2.25. The molecule has 0 atom stereocenters. The number of hydrogen-bond donors (Lipinski definition) is 1. The molecule has 0 unspecified atom stereocenters. The highest BCUT2D eigenvalue weighted by Crippen LogP contribution is 2.28. The van der Waals surface area contributed by atoms with Gasteiger partial charge in [-0.05, 0) is 28.1 Å². The molecule has 1 aromatic rings. The number of sulfonamides is 1. The van der Waals surface area contributed by atoms with Gasteiger partial charge in [-0.3, -0.25) is 0 Å². The molecular formula is C11H12BrFN2O2S. The van der Waals surface area contributed by atoms with Gasteiger partial charge in [0.05, 0.1) is 17.1 Å². The van der Waals surface area contributed by atoms with Crippen molar-refractivity contribution in [2.75, 3.05) is 18.8 Å². The zero-order valence-electron chi connectivity index (χ0n) is 9.65. The number of nitrogens with zero attached hydrogens (tertiary/aromatic N) is 1. The molecule has 0 fully saturated rings.